The lowest BCUT2D eigenvalue weighted by Crippen LogP contribution is -1.88. The van der Waals surface area contributed by atoms with Crippen molar-refractivity contribution in [2.45, 2.75) is 96.8 Å². The van der Waals surface area contributed by atoms with Crippen molar-refractivity contribution >= 4 is 6.29 Å². The predicted molar refractivity (Wildman–Crippen MR) is 105 cm³/mol. The molecule has 0 saturated heterocycles. The zero-order chi connectivity index (χ0) is 17.3. The van der Waals surface area contributed by atoms with Crippen LogP contribution in [0.15, 0.2) is 24.3 Å². The molecule has 0 aliphatic heterocycles. The van der Waals surface area contributed by atoms with E-state index < -0.39 is 0 Å². The van der Waals surface area contributed by atoms with Crippen LogP contribution in [-0.2, 0) is 6.42 Å². The monoisotopic (exact) mass is 331 g/mol. The number of rotatable bonds is 16. The van der Waals surface area contributed by atoms with Crippen molar-refractivity contribution in [1.29, 1.82) is 0 Å². The van der Waals surface area contributed by atoms with Gasteiger partial charge in [0, 0.05) is 5.69 Å². The third kappa shape index (κ3) is 11.3. The Labute approximate surface area is 149 Å². The highest BCUT2D eigenvalue weighted by Gasteiger charge is 1.98. The molecule has 1 N–H and O–H groups in total. The van der Waals surface area contributed by atoms with E-state index in [0.29, 0.717) is 5.69 Å². The Balaban J connectivity index is 1.80. The smallest absolute Gasteiger partial charge is 0.166 e. The molecular formula is C22H37NO. The first-order chi connectivity index (χ1) is 11.9. The van der Waals surface area contributed by atoms with Gasteiger partial charge in [-0.15, -0.1) is 0 Å². The summed E-state index contributed by atoms with van der Waals surface area (Å²) in [6, 6.07) is 3.89. The molecule has 2 heteroatoms. The van der Waals surface area contributed by atoms with Gasteiger partial charge in [0.2, 0.25) is 0 Å². The highest BCUT2D eigenvalue weighted by molar-refractivity contribution is 5.71. The van der Waals surface area contributed by atoms with Crippen LogP contribution in [0.5, 0.6) is 0 Å². The van der Waals surface area contributed by atoms with Crippen molar-refractivity contribution in [2.75, 3.05) is 0 Å². The van der Waals surface area contributed by atoms with Gasteiger partial charge in [-0.3, -0.25) is 4.79 Å². The lowest BCUT2D eigenvalue weighted by Gasteiger charge is -2.01. The quantitative estimate of drug-likeness (QED) is 0.197. The number of H-pyrrole nitrogens is 1. The highest BCUT2D eigenvalue weighted by Crippen LogP contribution is 2.12. The topological polar surface area (TPSA) is 32.9 Å². The number of aromatic nitrogens is 1. The maximum Gasteiger partial charge on any atom is 0.166 e. The summed E-state index contributed by atoms with van der Waals surface area (Å²) in [5, 5.41) is 0. The minimum Gasteiger partial charge on any atom is -0.356 e. The molecule has 2 nitrogen and oxygen atoms in total. The van der Waals surface area contributed by atoms with Crippen LogP contribution < -0.4 is 0 Å². The Bertz CT molecular complexity index is 433. The molecule has 1 aromatic rings. The number of allylic oxidation sites excluding steroid dienone is 2. The summed E-state index contributed by atoms with van der Waals surface area (Å²) in [6.45, 7) is 2.27. The minimum absolute atomic E-state index is 0.694. The number of nitrogens with one attached hydrogen (secondary N) is 1. The van der Waals surface area contributed by atoms with Crippen LogP contribution >= 0.6 is 0 Å². The Morgan fingerprint density at radius 2 is 1.38 bits per heavy atom. The van der Waals surface area contributed by atoms with Crippen molar-refractivity contribution < 1.29 is 4.79 Å². The van der Waals surface area contributed by atoms with Crippen molar-refractivity contribution in [3.8, 4) is 0 Å². The van der Waals surface area contributed by atoms with Gasteiger partial charge >= 0.3 is 0 Å². The van der Waals surface area contributed by atoms with Crippen molar-refractivity contribution in [3.63, 3.8) is 0 Å². The SMILES string of the molecule is CCCCCC/C=C\CCCCCCCCCc1ccc(C=O)[nH]1. The van der Waals surface area contributed by atoms with E-state index in [-0.39, 0.29) is 0 Å². The Morgan fingerprint density at radius 3 is 1.96 bits per heavy atom. The van der Waals surface area contributed by atoms with E-state index in [0.717, 1.165) is 12.7 Å². The van der Waals surface area contributed by atoms with Crippen LogP contribution in [0.25, 0.3) is 0 Å². The zero-order valence-electron chi connectivity index (χ0n) is 15.7. The molecule has 0 unspecified atom stereocenters. The van der Waals surface area contributed by atoms with Crippen molar-refractivity contribution in [3.05, 3.63) is 35.7 Å². The summed E-state index contributed by atoms with van der Waals surface area (Å²) >= 11 is 0. The second kappa shape index (κ2) is 15.2. The van der Waals surface area contributed by atoms with Crippen LogP contribution in [0.2, 0.25) is 0 Å². The van der Waals surface area contributed by atoms with E-state index in [4.69, 9.17) is 0 Å². The van der Waals surface area contributed by atoms with Gasteiger partial charge in [0.05, 0.1) is 5.69 Å². The zero-order valence-corrected chi connectivity index (χ0v) is 15.7. The van der Waals surface area contributed by atoms with Gasteiger partial charge in [-0.2, -0.15) is 0 Å². The minimum atomic E-state index is 0.694. The van der Waals surface area contributed by atoms with E-state index in [1.54, 1.807) is 0 Å². The summed E-state index contributed by atoms with van der Waals surface area (Å²) < 4.78 is 0. The lowest BCUT2D eigenvalue weighted by atomic mass is 10.1. The normalized spacial score (nSPS) is 11.4. The molecule has 0 saturated carbocycles. The van der Waals surface area contributed by atoms with Gasteiger partial charge in [0.1, 0.15) is 0 Å². The average molecular weight is 332 g/mol. The van der Waals surface area contributed by atoms with Crippen molar-refractivity contribution in [2.24, 2.45) is 0 Å². The van der Waals surface area contributed by atoms with E-state index in [1.165, 1.54) is 89.2 Å². The fourth-order valence-electron chi connectivity index (χ4n) is 3.06. The number of aromatic amines is 1. The third-order valence-electron chi connectivity index (χ3n) is 4.60. The van der Waals surface area contributed by atoms with Crippen LogP contribution in [0.4, 0.5) is 0 Å². The maximum atomic E-state index is 10.6. The molecule has 1 heterocycles. The molecule has 136 valence electrons. The van der Waals surface area contributed by atoms with Crippen molar-refractivity contribution in [1.82, 2.24) is 4.98 Å². The van der Waals surface area contributed by atoms with Gasteiger partial charge in [-0.05, 0) is 50.7 Å². The first kappa shape index (κ1) is 20.7. The lowest BCUT2D eigenvalue weighted by molar-refractivity contribution is 0.111. The number of carbonyl (C=O) groups is 1. The molecular weight excluding hydrogens is 294 g/mol. The molecule has 0 spiro atoms. The molecule has 24 heavy (non-hydrogen) atoms. The van der Waals surface area contributed by atoms with Gasteiger partial charge in [-0.25, -0.2) is 0 Å². The second-order valence-electron chi connectivity index (χ2n) is 6.89. The molecule has 0 radical (unpaired) electrons. The van der Waals surface area contributed by atoms with Gasteiger partial charge < -0.3 is 4.98 Å². The van der Waals surface area contributed by atoms with E-state index in [1.807, 2.05) is 12.1 Å². The summed E-state index contributed by atoms with van der Waals surface area (Å²) in [7, 11) is 0. The summed E-state index contributed by atoms with van der Waals surface area (Å²) in [6.07, 6.45) is 24.1. The number of hydrogen-bond acceptors (Lipinski definition) is 1. The molecule has 0 bridgehead atoms. The summed E-state index contributed by atoms with van der Waals surface area (Å²) in [5.41, 5.74) is 1.89. The number of aryl methyl sites for hydroxylation is 1. The van der Waals surface area contributed by atoms with E-state index >= 15 is 0 Å². The van der Waals surface area contributed by atoms with Crippen LogP contribution in [-0.4, -0.2) is 11.3 Å². The van der Waals surface area contributed by atoms with Gasteiger partial charge in [0.25, 0.3) is 0 Å². The summed E-state index contributed by atoms with van der Waals surface area (Å²) in [4.78, 5) is 13.7. The molecule has 0 atom stereocenters. The molecule has 1 aromatic heterocycles. The van der Waals surface area contributed by atoms with E-state index in [2.05, 4.69) is 24.1 Å². The number of aldehydes is 1. The van der Waals surface area contributed by atoms with Crippen LogP contribution in [0, 0.1) is 0 Å². The largest absolute Gasteiger partial charge is 0.356 e. The first-order valence-corrected chi connectivity index (χ1v) is 10.1. The Hall–Kier alpha value is -1.31. The second-order valence-corrected chi connectivity index (χ2v) is 6.89. The Morgan fingerprint density at radius 1 is 0.792 bits per heavy atom. The molecule has 0 fully saturated rings. The van der Waals surface area contributed by atoms with Gasteiger partial charge in [-0.1, -0.05) is 70.4 Å². The average Bonchev–Trinajstić information content (AvgIpc) is 3.06. The number of carbonyl (C=O) groups excluding carboxylic acids is 1. The fraction of sp³-hybridized carbons (Fsp3) is 0.682. The molecule has 0 aliphatic carbocycles. The highest BCUT2D eigenvalue weighted by atomic mass is 16.1. The van der Waals surface area contributed by atoms with Crippen LogP contribution in [0.1, 0.15) is 107 Å². The van der Waals surface area contributed by atoms with Gasteiger partial charge in [0.15, 0.2) is 6.29 Å². The van der Waals surface area contributed by atoms with E-state index in [9.17, 15) is 4.79 Å². The standard InChI is InChI=1S/C22H37NO/c1-2-3-4-5-6-7-8-9-10-11-12-13-14-15-16-17-21-18-19-22(20-24)23-21/h7-8,18-20,23H,2-6,9-17H2,1H3/b8-7-. The molecule has 0 amide bonds. The molecule has 1 rings (SSSR count). The fourth-order valence-corrected chi connectivity index (χ4v) is 3.06. The predicted octanol–water partition coefficient (Wildman–Crippen LogP) is 7.02. The first-order valence-electron chi connectivity index (χ1n) is 10.1. The molecule has 0 aliphatic rings. The summed E-state index contributed by atoms with van der Waals surface area (Å²) in [5.74, 6) is 0. The van der Waals surface area contributed by atoms with Crippen LogP contribution in [0.3, 0.4) is 0 Å². The molecule has 0 aromatic carbocycles. The maximum absolute atomic E-state index is 10.6. The Kier molecular flexibility index (Phi) is 13.2. The number of unbranched alkanes of at least 4 members (excludes halogenated alkanes) is 11. The third-order valence-corrected chi connectivity index (χ3v) is 4.60. The number of hydrogen-bond donors (Lipinski definition) is 1.